The van der Waals surface area contributed by atoms with Crippen molar-refractivity contribution in [3.05, 3.63) is 63.5 Å². The lowest BCUT2D eigenvalue weighted by Gasteiger charge is -2.13. The molecule has 112 valence electrons. The van der Waals surface area contributed by atoms with Crippen LogP contribution in [0.15, 0.2) is 35.4 Å². The molecule has 0 aliphatic carbocycles. The van der Waals surface area contributed by atoms with Crippen LogP contribution in [0.25, 0.3) is 21.6 Å². The molecule has 0 aromatic heterocycles. The summed E-state index contributed by atoms with van der Waals surface area (Å²) in [7, 11) is 0. The number of ether oxygens (including phenoxy) is 1. The first kappa shape index (κ1) is 14.4. The number of benzene rings is 2. The van der Waals surface area contributed by atoms with Crippen molar-refractivity contribution in [3.8, 4) is 16.9 Å². The van der Waals surface area contributed by atoms with Crippen molar-refractivity contribution in [2.45, 2.75) is 19.4 Å². The van der Waals surface area contributed by atoms with Crippen molar-refractivity contribution in [2.75, 3.05) is 6.54 Å². The van der Waals surface area contributed by atoms with Gasteiger partial charge in [-0.25, -0.2) is 8.78 Å². The minimum atomic E-state index is -0.898. The fourth-order valence-corrected chi connectivity index (χ4v) is 2.72. The van der Waals surface area contributed by atoms with Crippen LogP contribution in [-0.2, 0) is 6.42 Å². The SMILES string of the molecule is Cc1ccccc1-c1cc(F)c(F)c2c1OC(CN=[N+]=[N-])C2. The van der Waals surface area contributed by atoms with E-state index in [4.69, 9.17) is 10.3 Å². The van der Waals surface area contributed by atoms with Crippen LogP contribution in [0.1, 0.15) is 11.1 Å². The highest BCUT2D eigenvalue weighted by molar-refractivity contribution is 5.75. The Balaban J connectivity index is 2.12. The zero-order chi connectivity index (χ0) is 15.7. The van der Waals surface area contributed by atoms with Gasteiger partial charge in [-0.3, -0.25) is 0 Å². The molecule has 2 aromatic rings. The first-order chi connectivity index (χ1) is 10.6. The molecule has 0 fully saturated rings. The lowest BCUT2D eigenvalue weighted by atomic mass is 9.96. The maximum atomic E-state index is 14.0. The van der Waals surface area contributed by atoms with Gasteiger partial charge < -0.3 is 4.74 Å². The Morgan fingerprint density at radius 2 is 2.09 bits per heavy atom. The smallest absolute Gasteiger partial charge is 0.165 e. The third kappa shape index (κ3) is 2.38. The van der Waals surface area contributed by atoms with Gasteiger partial charge >= 0.3 is 0 Å². The number of hydrogen-bond donors (Lipinski definition) is 0. The predicted molar refractivity (Wildman–Crippen MR) is 78.7 cm³/mol. The van der Waals surface area contributed by atoms with Crippen LogP contribution in [-0.4, -0.2) is 12.6 Å². The zero-order valence-corrected chi connectivity index (χ0v) is 11.9. The Labute approximate surface area is 126 Å². The molecular weight excluding hydrogens is 288 g/mol. The summed E-state index contributed by atoms with van der Waals surface area (Å²) in [6, 6.07) is 8.61. The molecule has 0 radical (unpaired) electrons. The van der Waals surface area contributed by atoms with Gasteiger partial charge in [-0.2, -0.15) is 0 Å². The van der Waals surface area contributed by atoms with Crippen LogP contribution in [0.4, 0.5) is 8.78 Å². The molecule has 2 aromatic carbocycles. The van der Waals surface area contributed by atoms with Crippen molar-refractivity contribution in [1.82, 2.24) is 0 Å². The molecule has 1 aliphatic heterocycles. The molecule has 1 unspecified atom stereocenters. The Morgan fingerprint density at radius 1 is 1.32 bits per heavy atom. The van der Waals surface area contributed by atoms with Gasteiger partial charge in [-0.15, -0.1) is 0 Å². The van der Waals surface area contributed by atoms with Crippen LogP contribution in [0.2, 0.25) is 0 Å². The molecule has 0 saturated heterocycles. The molecule has 22 heavy (non-hydrogen) atoms. The second-order valence-corrected chi connectivity index (χ2v) is 5.20. The zero-order valence-electron chi connectivity index (χ0n) is 11.9. The minimum Gasteiger partial charge on any atom is -0.489 e. The molecule has 4 nitrogen and oxygen atoms in total. The quantitative estimate of drug-likeness (QED) is 0.466. The van der Waals surface area contributed by atoms with E-state index < -0.39 is 17.7 Å². The molecule has 0 bridgehead atoms. The van der Waals surface area contributed by atoms with Gasteiger partial charge in [0.25, 0.3) is 0 Å². The molecule has 1 aliphatic rings. The molecule has 1 heterocycles. The minimum absolute atomic E-state index is 0.0828. The second kappa shape index (κ2) is 5.66. The second-order valence-electron chi connectivity index (χ2n) is 5.20. The van der Waals surface area contributed by atoms with Crippen molar-refractivity contribution in [1.29, 1.82) is 0 Å². The third-order valence-corrected chi connectivity index (χ3v) is 3.76. The van der Waals surface area contributed by atoms with Crippen LogP contribution in [0.5, 0.6) is 5.75 Å². The molecule has 0 N–H and O–H groups in total. The lowest BCUT2D eigenvalue weighted by Crippen LogP contribution is -2.16. The van der Waals surface area contributed by atoms with Gasteiger partial charge in [0.2, 0.25) is 0 Å². The number of halogens is 2. The maximum absolute atomic E-state index is 14.0. The van der Waals surface area contributed by atoms with Crippen molar-refractivity contribution in [3.63, 3.8) is 0 Å². The van der Waals surface area contributed by atoms with Gasteiger partial charge in [-0.1, -0.05) is 29.4 Å². The first-order valence-corrected chi connectivity index (χ1v) is 6.86. The Bertz CT molecular complexity index is 785. The topological polar surface area (TPSA) is 58.0 Å². The highest BCUT2D eigenvalue weighted by Gasteiger charge is 2.31. The molecule has 0 saturated carbocycles. The van der Waals surface area contributed by atoms with E-state index in [1.54, 1.807) is 0 Å². The molecule has 3 rings (SSSR count). The van der Waals surface area contributed by atoms with E-state index >= 15 is 0 Å². The summed E-state index contributed by atoms with van der Waals surface area (Å²) in [5.74, 6) is -1.45. The van der Waals surface area contributed by atoms with E-state index in [1.165, 1.54) is 0 Å². The van der Waals surface area contributed by atoms with E-state index in [9.17, 15) is 8.78 Å². The summed E-state index contributed by atoms with van der Waals surface area (Å²) in [4.78, 5) is 2.67. The van der Waals surface area contributed by atoms with Gasteiger partial charge in [0.1, 0.15) is 11.9 Å². The van der Waals surface area contributed by atoms with Gasteiger partial charge in [0.15, 0.2) is 11.6 Å². The molecular formula is C16H13F2N3O. The van der Waals surface area contributed by atoms with E-state index in [2.05, 4.69) is 10.0 Å². The number of hydrogen-bond acceptors (Lipinski definition) is 2. The standard InChI is InChI=1S/C16H13F2N3O/c1-9-4-2-3-5-11(9)12-7-14(17)15(18)13-6-10(8-20-21-19)22-16(12)13/h2-5,7,10H,6,8H2,1H3. The van der Waals surface area contributed by atoms with E-state index in [1.807, 2.05) is 31.2 Å². The van der Waals surface area contributed by atoms with E-state index in [0.717, 1.165) is 17.2 Å². The Morgan fingerprint density at radius 3 is 2.82 bits per heavy atom. The summed E-state index contributed by atoms with van der Waals surface area (Å²) in [5, 5.41) is 3.45. The van der Waals surface area contributed by atoms with Crippen LogP contribution < -0.4 is 4.74 Å². The summed E-state index contributed by atoms with van der Waals surface area (Å²) < 4.78 is 33.7. The number of fused-ring (bicyclic) bond motifs is 1. The summed E-state index contributed by atoms with van der Waals surface area (Å²) in [6.45, 7) is 1.98. The summed E-state index contributed by atoms with van der Waals surface area (Å²) in [6.07, 6.45) is -0.276. The third-order valence-electron chi connectivity index (χ3n) is 3.76. The van der Waals surface area contributed by atoms with Gasteiger partial charge in [-0.05, 0) is 29.6 Å². The monoisotopic (exact) mass is 301 g/mol. The summed E-state index contributed by atoms with van der Waals surface area (Å²) in [5.41, 5.74) is 10.8. The van der Waals surface area contributed by atoms with E-state index in [0.29, 0.717) is 11.3 Å². The number of azide groups is 1. The number of nitrogens with zero attached hydrogens (tertiary/aromatic N) is 3. The summed E-state index contributed by atoms with van der Waals surface area (Å²) >= 11 is 0. The fraction of sp³-hybridized carbons (Fsp3) is 0.250. The fourth-order valence-electron chi connectivity index (χ4n) is 2.72. The normalized spacial score (nSPS) is 15.9. The average molecular weight is 301 g/mol. The predicted octanol–water partition coefficient (Wildman–Crippen LogP) is 4.55. The lowest BCUT2D eigenvalue weighted by molar-refractivity contribution is 0.242. The average Bonchev–Trinajstić information content (AvgIpc) is 2.94. The maximum Gasteiger partial charge on any atom is 0.165 e. The first-order valence-electron chi connectivity index (χ1n) is 6.86. The van der Waals surface area contributed by atoms with Crippen LogP contribution in [0, 0.1) is 18.6 Å². The van der Waals surface area contributed by atoms with Crippen LogP contribution in [0.3, 0.4) is 0 Å². The Hall–Kier alpha value is -2.59. The largest absolute Gasteiger partial charge is 0.489 e. The highest BCUT2D eigenvalue weighted by Crippen LogP contribution is 2.42. The van der Waals surface area contributed by atoms with Crippen molar-refractivity contribution >= 4 is 0 Å². The number of rotatable bonds is 3. The van der Waals surface area contributed by atoms with E-state index in [-0.39, 0.29) is 18.5 Å². The van der Waals surface area contributed by atoms with Crippen LogP contribution >= 0.6 is 0 Å². The number of aryl methyl sites for hydroxylation is 1. The molecule has 0 spiro atoms. The molecule has 0 amide bonds. The van der Waals surface area contributed by atoms with Crippen molar-refractivity contribution in [2.24, 2.45) is 5.11 Å². The molecule has 1 atom stereocenters. The van der Waals surface area contributed by atoms with Gasteiger partial charge in [0.05, 0.1) is 6.54 Å². The van der Waals surface area contributed by atoms with Gasteiger partial charge in [0, 0.05) is 22.5 Å². The van der Waals surface area contributed by atoms with Crippen molar-refractivity contribution < 1.29 is 13.5 Å². The molecule has 6 heteroatoms. The highest BCUT2D eigenvalue weighted by atomic mass is 19.2. The Kier molecular flexibility index (Phi) is 3.69.